The first kappa shape index (κ1) is 13.5. The van der Waals surface area contributed by atoms with Crippen molar-refractivity contribution >= 4 is 17.2 Å². The molecule has 1 aromatic rings. The molecule has 1 aromatic heterocycles. The summed E-state index contributed by atoms with van der Waals surface area (Å²) in [5.41, 5.74) is 5.56. The first-order valence-corrected chi connectivity index (χ1v) is 6.77. The summed E-state index contributed by atoms with van der Waals surface area (Å²) in [4.78, 5) is 9.63. The predicted molar refractivity (Wildman–Crippen MR) is 76.6 cm³/mol. The molecule has 0 spiro atoms. The molecule has 0 amide bonds. The van der Waals surface area contributed by atoms with E-state index in [4.69, 9.17) is 18.0 Å². The second kappa shape index (κ2) is 6.26. The summed E-state index contributed by atoms with van der Waals surface area (Å²) in [7, 11) is 0. The van der Waals surface area contributed by atoms with Gasteiger partial charge in [-0.05, 0) is 6.92 Å². The van der Waals surface area contributed by atoms with Gasteiger partial charge >= 0.3 is 0 Å². The second-order valence-electron chi connectivity index (χ2n) is 4.75. The van der Waals surface area contributed by atoms with E-state index >= 15 is 0 Å². The number of thiocarbonyl (C=S) groups is 1. The molecule has 5 nitrogen and oxygen atoms in total. The van der Waals surface area contributed by atoms with Crippen LogP contribution in [0.1, 0.15) is 5.82 Å². The fraction of sp³-hybridized carbons (Fsp3) is 0.667. The highest BCUT2D eigenvalue weighted by molar-refractivity contribution is 7.80. The molecule has 1 aliphatic rings. The summed E-state index contributed by atoms with van der Waals surface area (Å²) < 4.78 is 2.20. The molecular weight excluding hydrogens is 246 g/mol. The van der Waals surface area contributed by atoms with E-state index in [0.29, 0.717) is 4.99 Å². The van der Waals surface area contributed by atoms with E-state index in [2.05, 4.69) is 19.4 Å². The van der Waals surface area contributed by atoms with Crippen molar-refractivity contribution in [3.63, 3.8) is 0 Å². The average Bonchev–Trinajstić information content (AvgIpc) is 2.73. The molecule has 100 valence electrons. The molecule has 0 bridgehead atoms. The lowest BCUT2D eigenvalue weighted by Gasteiger charge is -2.34. The molecule has 6 heteroatoms. The van der Waals surface area contributed by atoms with Gasteiger partial charge in [0, 0.05) is 58.2 Å². The summed E-state index contributed by atoms with van der Waals surface area (Å²) in [5.74, 6) is 1.09. The summed E-state index contributed by atoms with van der Waals surface area (Å²) in [6, 6.07) is 0. The van der Waals surface area contributed by atoms with Gasteiger partial charge < -0.3 is 10.3 Å². The van der Waals surface area contributed by atoms with E-state index in [1.807, 2.05) is 19.3 Å². The molecule has 1 aliphatic heterocycles. The zero-order valence-electron chi connectivity index (χ0n) is 10.9. The van der Waals surface area contributed by atoms with Crippen molar-refractivity contribution < 1.29 is 0 Å². The molecule has 2 rings (SSSR count). The molecule has 1 saturated heterocycles. The highest BCUT2D eigenvalue weighted by Crippen LogP contribution is 2.03. The van der Waals surface area contributed by atoms with Crippen molar-refractivity contribution in [1.29, 1.82) is 0 Å². The van der Waals surface area contributed by atoms with Crippen LogP contribution < -0.4 is 5.73 Å². The van der Waals surface area contributed by atoms with Gasteiger partial charge in [0.25, 0.3) is 0 Å². The Hall–Kier alpha value is -0.980. The molecule has 0 radical (unpaired) electrons. The van der Waals surface area contributed by atoms with Crippen molar-refractivity contribution in [1.82, 2.24) is 19.4 Å². The van der Waals surface area contributed by atoms with E-state index in [9.17, 15) is 0 Å². The van der Waals surface area contributed by atoms with Crippen molar-refractivity contribution in [2.24, 2.45) is 5.73 Å². The number of piperazine rings is 1. The van der Waals surface area contributed by atoms with E-state index in [-0.39, 0.29) is 0 Å². The van der Waals surface area contributed by atoms with Crippen molar-refractivity contribution in [3.05, 3.63) is 18.2 Å². The lowest BCUT2D eigenvalue weighted by atomic mass is 10.3. The Labute approximate surface area is 114 Å². The number of hydrogen-bond acceptors (Lipinski definition) is 4. The predicted octanol–water partition coefficient (Wildman–Crippen LogP) is 0.0952. The average molecular weight is 267 g/mol. The number of imidazole rings is 1. The van der Waals surface area contributed by atoms with Crippen molar-refractivity contribution in [3.8, 4) is 0 Å². The van der Waals surface area contributed by atoms with E-state index < -0.39 is 0 Å². The minimum Gasteiger partial charge on any atom is -0.392 e. The molecule has 18 heavy (non-hydrogen) atoms. The zero-order valence-corrected chi connectivity index (χ0v) is 11.7. The Balaban J connectivity index is 1.71. The van der Waals surface area contributed by atoms with Gasteiger partial charge in [-0.1, -0.05) is 12.2 Å². The Kier molecular flexibility index (Phi) is 4.68. The third kappa shape index (κ3) is 3.76. The van der Waals surface area contributed by atoms with E-state index in [1.54, 1.807) is 0 Å². The first-order valence-electron chi connectivity index (χ1n) is 6.36. The van der Waals surface area contributed by atoms with Gasteiger partial charge in [0.05, 0.1) is 4.99 Å². The normalized spacial score (nSPS) is 18.1. The van der Waals surface area contributed by atoms with Crippen LogP contribution in [-0.4, -0.2) is 63.6 Å². The second-order valence-corrected chi connectivity index (χ2v) is 5.28. The maximum Gasteiger partial charge on any atom is 0.105 e. The number of nitrogens with zero attached hydrogens (tertiary/aromatic N) is 4. The monoisotopic (exact) mass is 267 g/mol. The Morgan fingerprint density at radius 2 is 1.94 bits per heavy atom. The van der Waals surface area contributed by atoms with Gasteiger partial charge in [-0.3, -0.25) is 9.80 Å². The topological polar surface area (TPSA) is 50.3 Å². The number of aryl methyl sites for hydroxylation is 1. The SMILES string of the molecule is Cc1nccn1CCN1CCN(CC(N)=S)CC1. The lowest BCUT2D eigenvalue weighted by molar-refractivity contribution is 0.142. The molecule has 0 saturated carbocycles. The van der Waals surface area contributed by atoms with Gasteiger partial charge in [0.2, 0.25) is 0 Å². The van der Waals surface area contributed by atoms with Crippen LogP contribution in [0.3, 0.4) is 0 Å². The molecule has 0 aromatic carbocycles. The summed E-state index contributed by atoms with van der Waals surface area (Å²) in [6.45, 7) is 9.19. The fourth-order valence-corrected chi connectivity index (χ4v) is 2.46. The maximum atomic E-state index is 5.56. The highest BCUT2D eigenvalue weighted by Gasteiger charge is 2.16. The first-order chi connectivity index (χ1) is 8.65. The van der Waals surface area contributed by atoms with Crippen LogP contribution in [0.2, 0.25) is 0 Å². The Bertz CT molecular complexity index is 395. The number of rotatable bonds is 5. The van der Waals surface area contributed by atoms with Crippen molar-refractivity contribution in [2.45, 2.75) is 13.5 Å². The molecule has 1 fully saturated rings. The minimum atomic E-state index is 0.595. The minimum absolute atomic E-state index is 0.595. The standard InChI is InChI=1S/C12H21N5S/c1-11-14-2-3-17(11)9-8-15-4-6-16(7-5-15)10-12(13)18/h2-3H,4-10H2,1H3,(H2,13,18). The molecule has 2 heterocycles. The molecule has 2 N–H and O–H groups in total. The van der Waals surface area contributed by atoms with Crippen LogP contribution in [0.25, 0.3) is 0 Å². The summed E-state index contributed by atoms with van der Waals surface area (Å²) in [6.07, 6.45) is 3.90. The molecule has 0 atom stereocenters. The van der Waals surface area contributed by atoms with Crippen molar-refractivity contribution in [2.75, 3.05) is 39.3 Å². The van der Waals surface area contributed by atoms with Gasteiger partial charge in [-0.15, -0.1) is 0 Å². The third-order valence-electron chi connectivity index (χ3n) is 3.43. The molecule has 0 unspecified atom stereocenters. The van der Waals surface area contributed by atoms with Gasteiger partial charge in [-0.2, -0.15) is 0 Å². The Morgan fingerprint density at radius 3 is 2.50 bits per heavy atom. The smallest absolute Gasteiger partial charge is 0.105 e. The van der Waals surface area contributed by atoms with Crippen LogP contribution >= 0.6 is 12.2 Å². The van der Waals surface area contributed by atoms with Crippen LogP contribution in [0.4, 0.5) is 0 Å². The van der Waals surface area contributed by atoms with Gasteiger partial charge in [0.1, 0.15) is 5.82 Å². The quantitative estimate of drug-likeness (QED) is 0.767. The summed E-state index contributed by atoms with van der Waals surface area (Å²) in [5, 5.41) is 0. The zero-order chi connectivity index (χ0) is 13.0. The number of aromatic nitrogens is 2. The summed E-state index contributed by atoms with van der Waals surface area (Å²) >= 11 is 4.94. The third-order valence-corrected chi connectivity index (χ3v) is 3.55. The van der Waals surface area contributed by atoms with Crippen LogP contribution in [0, 0.1) is 6.92 Å². The Morgan fingerprint density at radius 1 is 1.28 bits per heavy atom. The molecule has 0 aliphatic carbocycles. The fourth-order valence-electron chi connectivity index (χ4n) is 2.28. The van der Waals surface area contributed by atoms with Crippen LogP contribution in [-0.2, 0) is 6.54 Å². The van der Waals surface area contributed by atoms with E-state index in [0.717, 1.165) is 51.6 Å². The van der Waals surface area contributed by atoms with Gasteiger partial charge in [0.15, 0.2) is 0 Å². The molecular formula is C12H21N5S. The largest absolute Gasteiger partial charge is 0.392 e. The lowest BCUT2D eigenvalue weighted by Crippen LogP contribution is -2.49. The maximum absolute atomic E-state index is 5.56. The number of hydrogen-bond donors (Lipinski definition) is 1. The number of nitrogens with two attached hydrogens (primary N) is 1. The van der Waals surface area contributed by atoms with E-state index in [1.165, 1.54) is 0 Å². The van der Waals surface area contributed by atoms with Crippen LogP contribution in [0.5, 0.6) is 0 Å². The highest BCUT2D eigenvalue weighted by atomic mass is 32.1. The van der Waals surface area contributed by atoms with Crippen LogP contribution in [0.15, 0.2) is 12.4 Å². The van der Waals surface area contributed by atoms with Gasteiger partial charge in [-0.25, -0.2) is 4.98 Å².